The first kappa shape index (κ1) is 13.4. The molecule has 0 aliphatic carbocycles. The van der Waals surface area contributed by atoms with E-state index < -0.39 is 0 Å². The molecule has 0 saturated carbocycles. The van der Waals surface area contributed by atoms with Gasteiger partial charge in [-0.3, -0.25) is 0 Å². The molecule has 1 saturated heterocycles. The third kappa shape index (κ3) is 3.47. The van der Waals surface area contributed by atoms with Crippen LogP contribution in [0.25, 0.3) is 0 Å². The van der Waals surface area contributed by atoms with Gasteiger partial charge in [0.2, 0.25) is 0 Å². The predicted octanol–water partition coefficient (Wildman–Crippen LogP) is 2.90. The Bertz CT molecular complexity index is 373. The summed E-state index contributed by atoms with van der Waals surface area (Å²) in [7, 11) is 0. The van der Waals surface area contributed by atoms with Gasteiger partial charge in [0.25, 0.3) is 0 Å². The summed E-state index contributed by atoms with van der Waals surface area (Å²) < 4.78 is 11.2. The molecule has 100 valence electrons. The van der Waals surface area contributed by atoms with Crippen molar-refractivity contribution in [2.24, 2.45) is 11.7 Å². The zero-order chi connectivity index (χ0) is 13.0. The molecule has 0 aromatic heterocycles. The van der Waals surface area contributed by atoms with Crippen molar-refractivity contribution >= 4 is 0 Å². The average molecular weight is 249 g/mol. The molecule has 1 aliphatic rings. The summed E-state index contributed by atoms with van der Waals surface area (Å²) in [6, 6.07) is 8.12. The summed E-state index contributed by atoms with van der Waals surface area (Å²) in [5.74, 6) is 1.51. The summed E-state index contributed by atoms with van der Waals surface area (Å²) in [5.41, 5.74) is 7.43. The lowest BCUT2D eigenvalue weighted by atomic mass is 9.94. The fourth-order valence-corrected chi connectivity index (χ4v) is 2.40. The van der Waals surface area contributed by atoms with Crippen molar-refractivity contribution in [3.05, 3.63) is 29.8 Å². The molecule has 1 aromatic rings. The lowest BCUT2D eigenvalue weighted by molar-refractivity contribution is 0.182. The molecule has 0 bridgehead atoms. The lowest BCUT2D eigenvalue weighted by Gasteiger charge is -2.20. The molecule has 2 unspecified atom stereocenters. The third-order valence-corrected chi connectivity index (χ3v) is 3.29. The summed E-state index contributed by atoms with van der Waals surface area (Å²) in [6.07, 6.45) is 2.27. The Hall–Kier alpha value is -1.06. The van der Waals surface area contributed by atoms with Gasteiger partial charge in [0.15, 0.2) is 0 Å². The van der Waals surface area contributed by atoms with Gasteiger partial charge in [-0.05, 0) is 38.7 Å². The van der Waals surface area contributed by atoms with Crippen LogP contribution in [0.15, 0.2) is 24.3 Å². The Kier molecular flexibility index (Phi) is 4.61. The second-order valence-corrected chi connectivity index (χ2v) is 5.28. The standard InChI is InChI=1S/C15H23NO2/c1-11(2)18-15-6-4-3-5-13(15)14(16)9-12-7-8-17-10-12/h3-6,11-12,14H,7-10,16H2,1-2H3. The third-order valence-electron chi connectivity index (χ3n) is 3.29. The van der Waals surface area contributed by atoms with Gasteiger partial charge in [-0.2, -0.15) is 0 Å². The maximum atomic E-state index is 6.32. The first-order valence-electron chi connectivity index (χ1n) is 6.75. The van der Waals surface area contributed by atoms with E-state index in [0.29, 0.717) is 5.92 Å². The van der Waals surface area contributed by atoms with Gasteiger partial charge in [0.1, 0.15) is 5.75 Å². The minimum Gasteiger partial charge on any atom is -0.491 e. The molecule has 18 heavy (non-hydrogen) atoms. The van der Waals surface area contributed by atoms with E-state index in [1.807, 2.05) is 32.0 Å². The molecule has 2 N–H and O–H groups in total. The van der Waals surface area contributed by atoms with E-state index in [4.69, 9.17) is 15.2 Å². The molecule has 2 atom stereocenters. The topological polar surface area (TPSA) is 44.5 Å². The summed E-state index contributed by atoms with van der Waals surface area (Å²) in [5, 5.41) is 0. The van der Waals surface area contributed by atoms with Crippen LogP contribution in [0.5, 0.6) is 5.75 Å². The number of hydrogen-bond donors (Lipinski definition) is 1. The van der Waals surface area contributed by atoms with Crippen LogP contribution in [-0.4, -0.2) is 19.3 Å². The van der Waals surface area contributed by atoms with Crippen LogP contribution < -0.4 is 10.5 Å². The van der Waals surface area contributed by atoms with Crippen molar-refractivity contribution < 1.29 is 9.47 Å². The summed E-state index contributed by atoms with van der Waals surface area (Å²) >= 11 is 0. The van der Waals surface area contributed by atoms with Gasteiger partial charge in [-0.1, -0.05) is 18.2 Å². The molecule has 3 heteroatoms. The quantitative estimate of drug-likeness (QED) is 0.872. The first-order valence-corrected chi connectivity index (χ1v) is 6.75. The normalized spacial score (nSPS) is 21.2. The van der Waals surface area contributed by atoms with Crippen molar-refractivity contribution in [1.29, 1.82) is 0 Å². The predicted molar refractivity (Wildman–Crippen MR) is 72.7 cm³/mol. The van der Waals surface area contributed by atoms with Crippen molar-refractivity contribution in [1.82, 2.24) is 0 Å². The van der Waals surface area contributed by atoms with E-state index in [-0.39, 0.29) is 12.1 Å². The van der Waals surface area contributed by atoms with Crippen molar-refractivity contribution in [3.63, 3.8) is 0 Å². The van der Waals surface area contributed by atoms with Crippen LogP contribution in [0, 0.1) is 5.92 Å². The SMILES string of the molecule is CC(C)Oc1ccccc1C(N)CC1CCOC1. The average Bonchev–Trinajstić information content (AvgIpc) is 2.81. The molecule has 1 aliphatic heterocycles. The van der Waals surface area contributed by atoms with Crippen LogP contribution in [0.4, 0.5) is 0 Å². The van der Waals surface area contributed by atoms with Gasteiger partial charge in [-0.15, -0.1) is 0 Å². The highest BCUT2D eigenvalue weighted by Crippen LogP contribution is 2.30. The van der Waals surface area contributed by atoms with Gasteiger partial charge >= 0.3 is 0 Å². The molecular weight excluding hydrogens is 226 g/mol. The Morgan fingerprint density at radius 2 is 2.17 bits per heavy atom. The van der Waals surface area contributed by atoms with E-state index in [9.17, 15) is 0 Å². The van der Waals surface area contributed by atoms with E-state index >= 15 is 0 Å². The zero-order valence-corrected chi connectivity index (χ0v) is 11.3. The van der Waals surface area contributed by atoms with Crippen LogP contribution in [-0.2, 0) is 4.74 Å². The highest BCUT2D eigenvalue weighted by atomic mass is 16.5. The van der Waals surface area contributed by atoms with Crippen LogP contribution in [0.2, 0.25) is 0 Å². The van der Waals surface area contributed by atoms with E-state index in [1.165, 1.54) is 0 Å². The molecule has 0 spiro atoms. The van der Waals surface area contributed by atoms with Crippen molar-refractivity contribution in [2.75, 3.05) is 13.2 Å². The lowest BCUT2D eigenvalue weighted by Crippen LogP contribution is -2.18. The highest BCUT2D eigenvalue weighted by molar-refractivity contribution is 5.35. The summed E-state index contributed by atoms with van der Waals surface area (Å²) in [4.78, 5) is 0. The Morgan fingerprint density at radius 3 is 2.83 bits per heavy atom. The number of rotatable bonds is 5. The second-order valence-electron chi connectivity index (χ2n) is 5.28. The molecule has 2 rings (SSSR count). The molecule has 1 fully saturated rings. The minimum atomic E-state index is 0.0339. The van der Waals surface area contributed by atoms with Crippen molar-refractivity contribution in [3.8, 4) is 5.75 Å². The molecule has 3 nitrogen and oxygen atoms in total. The van der Waals surface area contributed by atoms with Crippen LogP contribution in [0.1, 0.15) is 38.3 Å². The number of ether oxygens (including phenoxy) is 2. The van der Waals surface area contributed by atoms with E-state index in [0.717, 1.165) is 37.4 Å². The van der Waals surface area contributed by atoms with Gasteiger partial charge < -0.3 is 15.2 Å². The first-order chi connectivity index (χ1) is 8.66. The molecule has 0 radical (unpaired) electrons. The van der Waals surface area contributed by atoms with Crippen molar-refractivity contribution in [2.45, 2.75) is 38.8 Å². The highest BCUT2D eigenvalue weighted by Gasteiger charge is 2.21. The van der Waals surface area contributed by atoms with Crippen LogP contribution in [0.3, 0.4) is 0 Å². The number of benzene rings is 1. The molecule has 1 aromatic carbocycles. The maximum Gasteiger partial charge on any atom is 0.124 e. The minimum absolute atomic E-state index is 0.0339. The smallest absolute Gasteiger partial charge is 0.124 e. The van der Waals surface area contributed by atoms with Gasteiger partial charge in [0, 0.05) is 24.8 Å². The zero-order valence-electron chi connectivity index (χ0n) is 11.3. The van der Waals surface area contributed by atoms with Gasteiger partial charge in [0.05, 0.1) is 6.10 Å². The Labute approximate surface area is 109 Å². The maximum absolute atomic E-state index is 6.32. The van der Waals surface area contributed by atoms with E-state index in [1.54, 1.807) is 0 Å². The van der Waals surface area contributed by atoms with Crippen LogP contribution >= 0.6 is 0 Å². The second kappa shape index (κ2) is 6.21. The summed E-state index contributed by atoms with van der Waals surface area (Å²) in [6.45, 7) is 5.79. The van der Waals surface area contributed by atoms with E-state index in [2.05, 4.69) is 6.07 Å². The number of para-hydroxylation sites is 1. The molecular formula is C15H23NO2. The molecule has 1 heterocycles. The fraction of sp³-hybridized carbons (Fsp3) is 0.600. The largest absolute Gasteiger partial charge is 0.491 e. The Morgan fingerprint density at radius 1 is 1.39 bits per heavy atom. The monoisotopic (exact) mass is 249 g/mol. The number of hydrogen-bond acceptors (Lipinski definition) is 3. The van der Waals surface area contributed by atoms with Gasteiger partial charge in [-0.25, -0.2) is 0 Å². The Balaban J connectivity index is 2.05. The fourth-order valence-electron chi connectivity index (χ4n) is 2.40. The number of nitrogens with two attached hydrogens (primary N) is 1. The molecule has 0 amide bonds.